The number of ether oxygens (including phenoxy) is 2. The van der Waals surface area contributed by atoms with Gasteiger partial charge in [0, 0.05) is 19.2 Å². The number of para-hydroxylation sites is 1. The lowest BCUT2D eigenvalue weighted by Crippen LogP contribution is -2.43. The van der Waals surface area contributed by atoms with E-state index in [1.165, 1.54) is 7.11 Å². The van der Waals surface area contributed by atoms with Gasteiger partial charge in [0.05, 0.1) is 13.2 Å². The number of Topliss-reactive ketones (excluding diaryl/α,β-unsaturated/α-hetero) is 1. The maximum Gasteiger partial charge on any atom is 0.328 e. The molecule has 21 heavy (non-hydrogen) atoms. The van der Waals surface area contributed by atoms with Crippen LogP contribution in [0.25, 0.3) is 0 Å². The van der Waals surface area contributed by atoms with E-state index >= 15 is 0 Å². The van der Waals surface area contributed by atoms with E-state index in [4.69, 9.17) is 9.47 Å². The van der Waals surface area contributed by atoms with Crippen LogP contribution in [0, 0.1) is 13.8 Å². The molecule has 5 heteroatoms. The number of hydrogen-bond acceptors (Lipinski definition) is 5. The SMILES string of the molecule is COCC(=O)CN(c1c(C)cccc1C)C1CCOC1=O. The second kappa shape index (κ2) is 6.72. The molecule has 0 saturated carbocycles. The topological polar surface area (TPSA) is 55.8 Å². The number of ketones is 1. The average Bonchev–Trinajstić information content (AvgIpc) is 2.83. The van der Waals surface area contributed by atoms with Gasteiger partial charge in [0.15, 0.2) is 5.78 Å². The molecule has 0 radical (unpaired) electrons. The Labute approximate surface area is 124 Å². The Morgan fingerprint density at radius 2 is 2.05 bits per heavy atom. The van der Waals surface area contributed by atoms with Gasteiger partial charge in [0.1, 0.15) is 12.6 Å². The Kier molecular flexibility index (Phi) is 4.96. The molecule has 1 atom stereocenters. The molecule has 1 aliphatic heterocycles. The van der Waals surface area contributed by atoms with Crippen LogP contribution in [0.3, 0.4) is 0 Å². The van der Waals surface area contributed by atoms with E-state index in [1.807, 2.05) is 36.9 Å². The van der Waals surface area contributed by atoms with Crippen molar-refractivity contribution in [2.24, 2.45) is 0 Å². The number of rotatable bonds is 6. The van der Waals surface area contributed by atoms with Gasteiger partial charge in [0.2, 0.25) is 0 Å². The highest BCUT2D eigenvalue weighted by molar-refractivity contribution is 5.89. The van der Waals surface area contributed by atoms with E-state index in [2.05, 4.69) is 0 Å². The van der Waals surface area contributed by atoms with Crippen LogP contribution in [0.2, 0.25) is 0 Å². The second-order valence-electron chi connectivity index (χ2n) is 5.31. The minimum atomic E-state index is -0.398. The highest BCUT2D eigenvalue weighted by Gasteiger charge is 2.34. The van der Waals surface area contributed by atoms with Crippen LogP contribution < -0.4 is 4.90 Å². The van der Waals surface area contributed by atoms with Crippen LogP contribution in [-0.4, -0.2) is 44.7 Å². The van der Waals surface area contributed by atoms with Crippen LogP contribution in [-0.2, 0) is 19.1 Å². The molecule has 0 spiro atoms. The molecule has 1 unspecified atom stereocenters. The van der Waals surface area contributed by atoms with Crippen LogP contribution in [0.1, 0.15) is 17.5 Å². The summed E-state index contributed by atoms with van der Waals surface area (Å²) in [5.41, 5.74) is 3.02. The van der Waals surface area contributed by atoms with Gasteiger partial charge < -0.3 is 14.4 Å². The molecule has 1 saturated heterocycles. The largest absolute Gasteiger partial charge is 0.464 e. The lowest BCUT2D eigenvalue weighted by molar-refractivity contribution is -0.139. The Balaban J connectivity index is 2.35. The smallest absolute Gasteiger partial charge is 0.328 e. The summed E-state index contributed by atoms with van der Waals surface area (Å²) in [5, 5.41) is 0. The van der Waals surface area contributed by atoms with Crippen molar-refractivity contribution in [3.63, 3.8) is 0 Å². The average molecular weight is 291 g/mol. The van der Waals surface area contributed by atoms with Crippen LogP contribution in [0.15, 0.2) is 18.2 Å². The van der Waals surface area contributed by atoms with Gasteiger partial charge >= 0.3 is 5.97 Å². The van der Waals surface area contributed by atoms with Crippen molar-refractivity contribution in [1.82, 2.24) is 0 Å². The van der Waals surface area contributed by atoms with Gasteiger partial charge in [-0.3, -0.25) is 4.79 Å². The Bertz CT molecular complexity index is 521. The first-order valence-corrected chi connectivity index (χ1v) is 7.04. The first kappa shape index (κ1) is 15.5. The van der Waals surface area contributed by atoms with E-state index in [-0.39, 0.29) is 24.9 Å². The van der Waals surface area contributed by atoms with Crippen molar-refractivity contribution in [3.8, 4) is 0 Å². The maximum absolute atomic E-state index is 12.0. The van der Waals surface area contributed by atoms with Gasteiger partial charge in [-0.05, 0) is 25.0 Å². The normalized spacial score (nSPS) is 17.7. The summed E-state index contributed by atoms with van der Waals surface area (Å²) in [6.45, 7) is 4.57. The van der Waals surface area contributed by atoms with E-state index in [0.29, 0.717) is 13.0 Å². The zero-order chi connectivity index (χ0) is 15.4. The Morgan fingerprint density at radius 1 is 1.38 bits per heavy atom. The number of anilines is 1. The highest BCUT2D eigenvalue weighted by Crippen LogP contribution is 2.29. The lowest BCUT2D eigenvalue weighted by atomic mass is 10.0. The van der Waals surface area contributed by atoms with Crippen molar-refractivity contribution in [2.75, 3.05) is 31.8 Å². The number of nitrogens with zero attached hydrogens (tertiary/aromatic N) is 1. The standard InChI is InChI=1S/C16H21NO4/c1-11-5-4-6-12(2)15(11)17(9-13(18)10-20-3)14-7-8-21-16(14)19/h4-6,14H,7-10H2,1-3H3. The number of carbonyl (C=O) groups is 2. The number of benzene rings is 1. The molecule has 114 valence electrons. The molecule has 2 rings (SSSR count). The summed E-state index contributed by atoms with van der Waals surface area (Å²) in [5.74, 6) is -0.317. The van der Waals surface area contributed by atoms with E-state index in [9.17, 15) is 9.59 Å². The summed E-state index contributed by atoms with van der Waals surface area (Å²) in [4.78, 5) is 25.8. The second-order valence-corrected chi connectivity index (χ2v) is 5.31. The molecule has 1 fully saturated rings. The van der Waals surface area contributed by atoms with E-state index < -0.39 is 6.04 Å². The number of cyclic esters (lactones) is 1. The minimum absolute atomic E-state index is 0.0448. The number of hydrogen-bond donors (Lipinski definition) is 0. The lowest BCUT2D eigenvalue weighted by Gasteiger charge is -2.30. The molecule has 0 N–H and O–H groups in total. The third kappa shape index (κ3) is 3.42. The van der Waals surface area contributed by atoms with Gasteiger partial charge in [-0.2, -0.15) is 0 Å². The molecule has 0 aromatic heterocycles. The molecular weight excluding hydrogens is 270 g/mol. The third-order valence-electron chi connectivity index (χ3n) is 3.66. The van der Waals surface area contributed by atoms with Crippen molar-refractivity contribution in [2.45, 2.75) is 26.3 Å². The van der Waals surface area contributed by atoms with Gasteiger partial charge in [0.25, 0.3) is 0 Å². The fourth-order valence-corrected chi connectivity index (χ4v) is 2.77. The summed E-state index contributed by atoms with van der Waals surface area (Å²) in [6, 6.07) is 5.54. The van der Waals surface area contributed by atoms with Crippen LogP contribution >= 0.6 is 0 Å². The van der Waals surface area contributed by atoms with Gasteiger partial charge in [-0.1, -0.05) is 18.2 Å². The number of carbonyl (C=O) groups excluding carboxylic acids is 2. The predicted molar refractivity (Wildman–Crippen MR) is 79.5 cm³/mol. The third-order valence-corrected chi connectivity index (χ3v) is 3.66. The first-order chi connectivity index (χ1) is 10.0. The maximum atomic E-state index is 12.0. The zero-order valence-corrected chi connectivity index (χ0v) is 12.7. The molecule has 1 aromatic rings. The summed E-state index contributed by atoms with van der Waals surface area (Å²) in [7, 11) is 1.49. The molecule has 5 nitrogen and oxygen atoms in total. The van der Waals surface area contributed by atoms with Crippen LogP contribution in [0.4, 0.5) is 5.69 Å². The number of aryl methyl sites for hydroxylation is 2. The molecule has 0 bridgehead atoms. The fraction of sp³-hybridized carbons (Fsp3) is 0.500. The molecule has 0 aliphatic carbocycles. The Hall–Kier alpha value is -1.88. The highest BCUT2D eigenvalue weighted by atomic mass is 16.5. The van der Waals surface area contributed by atoms with Gasteiger partial charge in [-0.25, -0.2) is 4.79 Å². The molecule has 0 amide bonds. The van der Waals surface area contributed by atoms with Crippen LogP contribution in [0.5, 0.6) is 0 Å². The Morgan fingerprint density at radius 3 is 2.57 bits per heavy atom. The van der Waals surface area contributed by atoms with Crippen molar-refractivity contribution in [1.29, 1.82) is 0 Å². The van der Waals surface area contributed by atoms with E-state index in [1.54, 1.807) is 0 Å². The quantitative estimate of drug-likeness (QED) is 0.746. The molecule has 1 heterocycles. The summed E-state index contributed by atoms with van der Waals surface area (Å²) < 4.78 is 9.96. The number of esters is 1. The summed E-state index contributed by atoms with van der Waals surface area (Å²) in [6.07, 6.45) is 0.604. The first-order valence-electron chi connectivity index (χ1n) is 7.04. The van der Waals surface area contributed by atoms with Gasteiger partial charge in [-0.15, -0.1) is 0 Å². The number of methoxy groups -OCH3 is 1. The van der Waals surface area contributed by atoms with Crippen molar-refractivity contribution >= 4 is 17.4 Å². The van der Waals surface area contributed by atoms with Crippen molar-refractivity contribution < 1.29 is 19.1 Å². The predicted octanol–water partition coefficient (Wildman–Crippen LogP) is 1.64. The van der Waals surface area contributed by atoms with E-state index in [0.717, 1.165) is 16.8 Å². The summed E-state index contributed by atoms with van der Waals surface area (Å²) >= 11 is 0. The molecule has 1 aromatic carbocycles. The van der Waals surface area contributed by atoms with Crippen molar-refractivity contribution in [3.05, 3.63) is 29.3 Å². The minimum Gasteiger partial charge on any atom is -0.464 e. The fourth-order valence-electron chi connectivity index (χ4n) is 2.77. The monoisotopic (exact) mass is 291 g/mol. The molecule has 1 aliphatic rings. The zero-order valence-electron chi connectivity index (χ0n) is 12.7. The molecular formula is C16H21NO4.